The second-order valence-corrected chi connectivity index (χ2v) is 6.71. The van der Waals surface area contributed by atoms with Gasteiger partial charge in [0, 0.05) is 10.2 Å². The number of halogens is 1. The molecule has 4 nitrogen and oxygen atoms in total. The molecule has 3 rings (SSSR count). The van der Waals surface area contributed by atoms with E-state index in [1.54, 1.807) is 5.01 Å². The highest BCUT2D eigenvalue weighted by atomic mass is 79.9. The first-order chi connectivity index (χ1) is 11.1. The summed E-state index contributed by atoms with van der Waals surface area (Å²) in [6.07, 6.45) is 0. The Balaban J connectivity index is 1.83. The van der Waals surface area contributed by atoms with E-state index in [1.807, 2.05) is 66.5 Å². The third-order valence-electron chi connectivity index (χ3n) is 3.65. The Hall–Kier alpha value is -1.92. The topological polar surface area (TPSA) is 35.6 Å². The average Bonchev–Trinajstić information content (AvgIpc) is 2.86. The fourth-order valence-electron chi connectivity index (χ4n) is 2.48. The molecular weight excluding hydrogens is 374 g/mol. The van der Waals surface area contributed by atoms with Crippen LogP contribution < -0.4 is 10.3 Å². The normalized spacial score (nSPS) is 17.5. The third kappa shape index (κ3) is 3.38. The second-order valence-electron chi connectivity index (χ2n) is 5.41. The van der Waals surface area contributed by atoms with Gasteiger partial charge in [-0.15, -0.1) is 0 Å². The molecule has 23 heavy (non-hydrogen) atoms. The number of benzene rings is 2. The van der Waals surface area contributed by atoms with Crippen LogP contribution in [-0.4, -0.2) is 22.6 Å². The Morgan fingerprint density at radius 1 is 1.17 bits per heavy atom. The van der Waals surface area contributed by atoms with Crippen LogP contribution in [0.15, 0.2) is 59.1 Å². The summed E-state index contributed by atoms with van der Waals surface area (Å²) in [7, 11) is 0. The largest absolute Gasteiger partial charge is 0.331 e. The summed E-state index contributed by atoms with van der Waals surface area (Å²) in [6.45, 7) is 2.48. The molecule has 0 aromatic heterocycles. The lowest BCUT2D eigenvalue weighted by atomic mass is 10.2. The van der Waals surface area contributed by atoms with Crippen LogP contribution in [-0.2, 0) is 4.79 Å². The number of hydrazine groups is 1. The zero-order valence-electron chi connectivity index (χ0n) is 12.6. The lowest BCUT2D eigenvalue weighted by Gasteiger charge is -2.30. The first-order valence-electron chi connectivity index (χ1n) is 7.29. The smallest absolute Gasteiger partial charge is 0.250 e. The second kappa shape index (κ2) is 6.68. The number of carbonyl (C=O) groups is 1. The molecule has 1 N–H and O–H groups in total. The molecule has 0 bridgehead atoms. The molecule has 2 aromatic rings. The van der Waals surface area contributed by atoms with Gasteiger partial charge in [0.25, 0.3) is 5.91 Å². The number of amides is 1. The van der Waals surface area contributed by atoms with Gasteiger partial charge in [0.15, 0.2) is 5.11 Å². The molecule has 0 saturated carbocycles. The highest BCUT2D eigenvalue weighted by Gasteiger charge is 2.37. The Bertz CT molecular complexity index is 720. The van der Waals surface area contributed by atoms with Crippen molar-refractivity contribution in [2.45, 2.75) is 6.92 Å². The van der Waals surface area contributed by atoms with E-state index in [9.17, 15) is 4.79 Å². The van der Waals surface area contributed by atoms with Gasteiger partial charge < -0.3 is 5.32 Å². The lowest BCUT2D eigenvalue weighted by molar-refractivity contribution is -0.120. The Morgan fingerprint density at radius 2 is 1.83 bits per heavy atom. The van der Waals surface area contributed by atoms with Gasteiger partial charge >= 0.3 is 0 Å². The molecule has 1 fully saturated rings. The van der Waals surface area contributed by atoms with Crippen LogP contribution in [0.25, 0.3) is 0 Å². The van der Waals surface area contributed by atoms with Gasteiger partial charge in [-0.25, -0.2) is 5.01 Å². The molecule has 1 heterocycles. The van der Waals surface area contributed by atoms with Crippen molar-refractivity contribution in [3.8, 4) is 0 Å². The summed E-state index contributed by atoms with van der Waals surface area (Å²) >= 11 is 8.93. The molecule has 0 radical (unpaired) electrons. The predicted molar refractivity (Wildman–Crippen MR) is 100 cm³/mol. The van der Waals surface area contributed by atoms with Crippen LogP contribution in [0.5, 0.6) is 0 Å². The summed E-state index contributed by atoms with van der Waals surface area (Å²) in [5.74, 6) is -0.0453. The summed E-state index contributed by atoms with van der Waals surface area (Å²) in [4.78, 5) is 12.5. The van der Waals surface area contributed by atoms with Crippen molar-refractivity contribution < 1.29 is 4.79 Å². The van der Waals surface area contributed by atoms with Crippen LogP contribution in [0.3, 0.4) is 0 Å². The number of thiocarbonyl (C=S) groups is 1. The van der Waals surface area contributed by atoms with E-state index < -0.39 is 0 Å². The number of nitrogens with zero attached hydrogens (tertiary/aromatic N) is 2. The van der Waals surface area contributed by atoms with Crippen LogP contribution in [0.4, 0.5) is 11.4 Å². The van der Waals surface area contributed by atoms with Crippen molar-refractivity contribution in [3.63, 3.8) is 0 Å². The van der Waals surface area contributed by atoms with Crippen LogP contribution in [0, 0.1) is 5.92 Å². The predicted octanol–water partition coefficient (Wildman–Crippen LogP) is 4.05. The zero-order chi connectivity index (χ0) is 16.4. The molecule has 1 aliphatic rings. The SMILES string of the molecule is CC1CN(C(=S)Nc2ccc(Br)cc2)N(c2ccccc2)C1=O. The molecule has 0 aliphatic carbocycles. The summed E-state index contributed by atoms with van der Waals surface area (Å²) in [5.41, 5.74) is 1.71. The van der Waals surface area contributed by atoms with Crippen LogP contribution >= 0.6 is 28.1 Å². The van der Waals surface area contributed by atoms with Crippen LogP contribution in [0.2, 0.25) is 0 Å². The minimum atomic E-state index is -0.0973. The van der Waals surface area contributed by atoms with Gasteiger partial charge in [0.1, 0.15) is 0 Å². The van der Waals surface area contributed by atoms with E-state index in [1.165, 1.54) is 0 Å². The Labute approximate surface area is 149 Å². The average molecular weight is 390 g/mol. The fraction of sp³-hybridized carbons (Fsp3) is 0.176. The van der Waals surface area contributed by atoms with Crippen molar-refractivity contribution in [2.24, 2.45) is 5.92 Å². The number of hydrogen-bond donors (Lipinski definition) is 1. The van der Waals surface area contributed by atoms with Gasteiger partial charge in [0.05, 0.1) is 18.2 Å². The molecule has 1 aliphatic heterocycles. The minimum absolute atomic E-state index is 0.0520. The highest BCUT2D eigenvalue weighted by Crippen LogP contribution is 2.26. The van der Waals surface area contributed by atoms with Gasteiger partial charge in [-0.1, -0.05) is 41.1 Å². The van der Waals surface area contributed by atoms with E-state index in [2.05, 4.69) is 21.2 Å². The van der Waals surface area contributed by atoms with Crippen LogP contribution in [0.1, 0.15) is 6.92 Å². The molecule has 0 spiro atoms. The molecule has 118 valence electrons. The van der Waals surface area contributed by atoms with Crippen molar-refractivity contribution in [1.29, 1.82) is 0 Å². The van der Waals surface area contributed by atoms with E-state index in [4.69, 9.17) is 12.2 Å². The molecule has 6 heteroatoms. The van der Waals surface area contributed by atoms with Crippen molar-refractivity contribution in [2.75, 3.05) is 16.9 Å². The molecule has 2 aromatic carbocycles. The maximum Gasteiger partial charge on any atom is 0.250 e. The van der Waals surface area contributed by atoms with Crippen molar-refractivity contribution in [3.05, 3.63) is 59.1 Å². The van der Waals surface area contributed by atoms with Crippen molar-refractivity contribution in [1.82, 2.24) is 5.01 Å². The number of rotatable bonds is 2. The Morgan fingerprint density at radius 3 is 2.48 bits per heavy atom. The molecule has 1 unspecified atom stereocenters. The number of hydrogen-bond acceptors (Lipinski definition) is 2. The summed E-state index contributed by atoms with van der Waals surface area (Å²) < 4.78 is 1.00. The monoisotopic (exact) mass is 389 g/mol. The minimum Gasteiger partial charge on any atom is -0.331 e. The quantitative estimate of drug-likeness (QED) is 0.785. The molecule has 1 amide bonds. The number of carbonyl (C=O) groups excluding carboxylic acids is 1. The first kappa shape index (κ1) is 16.0. The lowest BCUT2D eigenvalue weighted by Crippen LogP contribution is -2.45. The Kier molecular flexibility index (Phi) is 4.63. The highest BCUT2D eigenvalue weighted by molar-refractivity contribution is 9.10. The van der Waals surface area contributed by atoms with E-state index in [-0.39, 0.29) is 11.8 Å². The number of para-hydroxylation sites is 1. The fourth-order valence-corrected chi connectivity index (χ4v) is 3.02. The maximum atomic E-state index is 12.5. The standard InChI is InChI=1S/C17H16BrN3OS/c1-12-11-20(17(23)19-14-9-7-13(18)8-10-14)21(16(12)22)15-5-3-2-4-6-15/h2-10,12H,11H2,1H3,(H,19,23). The molecule has 1 saturated heterocycles. The molecule has 1 atom stereocenters. The van der Waals surface area contributed by atoms with E-state index in [0.717, 1.165) is 15.8 Å². The van der Waals surface area contributed by atoms with E-state index >= 15 is 0 Å². The van der Waals surface area contributed by atoms with Gasteiger partial charge in [-0.2, -0.15) is 0 Å². The number of anilines is 2. The van der Waals surface area contributed by atoms with Gasteiger partial charge in [-0.3, -0.25) is 9.80 Å². The van der Waals surface area contributed by atoms with Gasteiger partial charge in [-0.05, 0) is 48.6 Å². The summed E-state index contributed by atoms with van der Waals surface area (Å²) in [5, 5.41) is 7.17. The van der Waals surface area contributed by atoms with E-state index in [0.29, 0.717) is 11.7 Å². The maximum absolute atomic E-state index is 12.5. The first-order valence-corrected chi connectivity index (χ1v) is 8.49. The third-order valence-corrected chi connectivity index (χ3v) is 4.49. The van der Waals surface area contributed by atoms with Gasteiger partial charge in [0.2, 0.25) is 0 Å². The zero-order valence-corrected chi connectivity index (χ0v) is 15.0. The molecular formula is C17H16BrN3OS. The summed E-state index contributed by atoms with van der Waals surface area (Å²) in [6, 6.07) is 17.3. The van der Waals surface area contributed by atoms with Crippen molar-refractivity contribution >= 4 is 50.5 Å². The number of nitrogens with one attached hydrogen (secondary N) is 1.